The topological polar surface area (TPSA) is 184 Å². The van der Waals surface area contributed by atoms with Crippen molar-refractivity contribution in [1.29, 1.82) is 0 Å². The average molecular weight is 786 g/mol. The summed E-state index contributed by atoms with van der Waals surface area (Å²) in [6.07, 6.45) is 35.3. The Kier molecular flexibility index (Phi) is 30.2. The van der Waals surface area contributed by atoms with E-state index >= 15 is 0 Å². The van der Waals surface area contributed by atoms with Crippen LogP contribution in [0.3, 0.4) is 0 Å². The highest BCUT2D eigenvalue weighted by molar-refractivity contribution is 7.47. The van der Waals surface area contributed by atoms with Gasteiger partial charge in [-0.05, 0) is 51.4 Å². The summed E-state index contributed by atoms with van der Waals surface area (Å²) in [5.41, 5.74) is 5.32. The molecule has 0 aromatic rings. The maximum atomic E-state index is 12.6. The van der Waals surface area contributed by atoms with E-state index in [9.17, 15) is 23.8 Å². The van der Waals surface area contributed by atoms with Gasteiger partial charge in [-0.25, -0.2) is 4.57 Å². The maximum Gasteiger partial charge on any atom is 0.472 e. The summed E-state index contributed by atoms with van der Waals surface area (Å²) in [5.74, 6) is -2.46. The van der Waals surface area contributed by atoms with E-state index < -0.39 is 51.1 Å². The van der Waals surface area contributed by atoms with Crippen LogP contribution in [0.25, 0.3) is 0 Å². The lowest BCUT2D eigenvalue weighted by Crippen LogP contribution is -2.34. The first-order valence-corrected chi connectivity index (χ1v) is 22.1. The molecule has 0 bridgehead atoms. The van der Waals surface area contributed by atoms with Gasteiger partial charge < -0.3 is 29.9 Å². The number of aliphatic carboxylic acids is 1. The number of rotatable bonds is 37. The second-order valence-corrected chi connectivity index (χ2v) is 15.6. The molecule has 0 aromatic carbocycles. The molecule has 13 heteroatoms. The zero-order chi connectivity index (χ0) is 39.7. The summed E-state index contributed by atoms with van der Waals surface area (Å²) in [5, 5.41) is 8.88. The van der Waals surface area contributed by atoms with Crippen molar-refractivity contribution in [1.82, 2.24) is 0 Å². The van der Waals surface area contributed by atoms with Crippen molar-refractivity contribution in [3.63, 3.8) is 0 Å². The average Bonchev–Trinajstić information content (AvgIpc) is 3.90. The quantitative estimate of drug-likeness (QED) is 0.0178. The summed E-state index contributed by atoms with van der Waals surface area (Å²) in [6, 6.07) is -1.53. The summed E-state index contributed by atoms with van der Waals surface area (Å²) in [7, 11) is -4.73. The molecule has 0 aromatic heterocycles. The summed E-state index contributed by atoms with van der Waals surface area (Å²) in [6.45, 7) is 2.69. The standard InChI is InChI=1S/C41H72NO11P/c1-3-5-7-9-11-13-14-15-17-19-21-26-30-39(43)49-32-35(33-50-54(47,48)51-34-36(42)41(45)46)52-40(44)31-27-23-22-25-29-38-37(53-38)28-24-20-18-16-12-10-8-6-4-2/h12,16,20,22,24-25,35-38H,3-11,13-15,17-19,21,23,26-34,42H2,1-2H3,(H,45,46)(H,47,48)/b16-12-,24-20-,25-22-/t35-,36+,37?,38?/m1/s1. The van der Waals surface area contributed by atoms with Crippen LogP contribution in [0, 0.1) is 0 Å². The van der Waals surface area contributed by atoms with Crippen LogP contribution in [0.1, 0.15) is 162 Å². The second kappa shape index (κ2) is 32.9. The molecule has 0 saturated carbocycles. The highest BCUT2D eigenvalue weighted by atomic mass is 31.2. The molecule has 1 heterocycles. The van der Waals surface area contributed by atoms with Crippen LogP contribution in [0.15, 0.2) is 36.5 Å². The first-order valence-electron chi connectivity index (χ1n) is 20.6. The van der Waals surface area contributed by atoms with Crippen molar-refractivity contribution < 1.29 is 52.2 Å². The molecule has 5 atom stereocenters. The molecular formula is C41H72NO11P. The van der Waals surface area contributed by atoms with Gasteiger partial charge in [-0.15, -0.1) is 0 Å². The van der Waals surface area contributed by atoms with Gasteiger partial charge >= 0.3 is 25.7 Å². The van der Waals surface area contributed by atoms with Gasteiger partial charge in [0.1, 0.15) is 12.6 Å². The predicted molar refractivity (Wildman–Crippen MR) is 212 cm³/mol. The molecule has 0 spiro atoms. The molecule has 0 radical (unpaired) electrons. The van der Waals surface area contributed by atoms with Crippen molar-refractivity contribution in [3.8, 4) is 0 Å². The van der Waals surface area contributed by atoms with Crippen molar-refractivity contribution in [2.45, 2.75) is 186 Å². The number of ether oxygens (including phenoxy) is 3. The van der Waals surface area contributed by atoms with Crippen molar-refractivity contribution >= 4 is 25.7 Å². The smallest absolute Gasteiger partial charge is 0.472 e. The number of hydrogen-bond acceptors (Lipinski definition) is 10. The Hall–Kier alpha value is -2.34. The Morgan fingerprint density at radius 2 is 1.17 bits per heavy atom. The highest BCUT2D eigenvalue weighted by Gasteiger charge is 2.36. The zero-order valence-electron chi connectivity index (χ0n) is 33.3. The Bertz CT molecular complexity index is 1130. The molecule has 312 valence electrons. The summed E-state index contributed by atoms with van der Waals surface area (Å²) >= 11 is 0. The van der Waals surface area contributed by atoms with E-state index in [4.69, 9.17) is 29.6 Å². The summed E-state index contributed by atoms with van der Waals surface area (Å²) in [4.78, 5) is 45.9. The van der Waals surface area contributed by atoms with Gasteiger partial charge in [0.15, 0.2) is 6.10 Å². The van der Waals surface area contributed by atoms with Crippen LogP contribution in [-0.4, -0.2) is 72.1 Å². The number of carboxylic acids is 1. The number of carboxylic acid groups (broad SMARTS) is 1. The van der Waals surface area contributed by atoms with Crippen molar-refractivity contribution in [2.75, 3.05) is 19.8 Å². The van der Waals surface area contributed by atoms with Crippen LogP contribution in [0.4, 0.5) is 0 Å². The van der Waals surface area contributed by atoms with Gasteiger partial charge in [-0.2, -0.15) is 0 Å². The highest BCUT2D eigenvalue weighted by Crippen LogP contribution is 2.43. The number of epoxide rings is 1. The third-order valence-electron chi connectivity index (χ3n) is 9.04. The van der Waals surface area contributed by atoms with E-state index in [0.717, 1.165) is 44.9 Å². The molecule has 0 amide bonds. The maximum absolute atomic E-state index is 12.6. The second-order valence-electron chi connectivity index (χ2n) is 14.2. The Labute approximate surface area is 325 Å². The summed E-state index contributed by atoms with van der Waals surface area (Å²) < 4.78 is 38.3. The van der Waals surface area contributed by atoms with Crippen molar-refractivity contribution in [2.24, 2.45) is 5.73 Å². The van der Waals surface area contributed by atoms with Gasteiger partial charge in [0.2, 0.25) is 0 Å². The normalized spacial score (nSPS) is 17.9. The number of esters is 2. The molecule has 0 aliphatic carbocycles. The number of carbonyl (C=O) groups excluding carboxylic acids is 2. The number of phosphoric acid groups is 1. The fraction of sp³-hybridized carbons (Fsp3) is 0.780. The molecule has 1 fully saturated rings. The zero-order valence-corrected chi connectivity index (χ0v) is 34.1. The molecule has 1 aliphatic heterocycles. The van der Waals surface area contributed by atoms with Gasteiger partial charge in [-0.3, -0.25) is 23.4 Å². The van der Waals surface area contributed by atoms with E-state index in [1.807, 2.05) is 6.08 Å². The van der Waals surface area contributed by atoms with Crippen LogP contribution >= 0.6 is 7.82 Å². The Morgan fingerprint density at radius 3 is 1.80 bits per heavy atom. The third kappa shape index (κ3) is 29.9. The fourth-order valence-electron chi connectivity index (χ4n) is 5.63. The number of hydrogen-bond donors (Lipinski definition) is 3. The molecule has 54 heavy (non-hydrogen) atoms. The largest absolute Gasteiger partial charge is 0.480 e. The minimum absolute atomic E-state index is 0.0782. The van der Waals surface area contributed by atoms with Crippen LogP contribution < -0.4 is 5.73 Å². The molecular weight excluding hydrogens is 713 g/mol. The molecule has 1 rings (SSSR count). The lowest BCUT2D eigenvalue weighted by atomic mass is 10.0. The number of nitrogens with two attached hydrogens (primary N) is 1. The first-order chi connectivity index (χ1) is 26.1. The predicted octanol–water partition coefficient (Wildman–Crippen LogP) is 9.44. The first kappa shape index (κ1) is 49.7. The SMILES string of the molecule is CCCCC/C=C\C/C=C\CC1OC1C/C=C\CCCC(=O)O[C@H](COC(=O)CCCCCCCCCCCCCC)COP(=O)(O)OC[C@H](N)C(=O)O. The molecule has 1 aliphatic rings. The van der Waals surface area contributed by atoms with E-state index in [1.54, 1.807) is 0 Å². The monoisotopic (exact) mass is 785 g/mol. The van der Waals surface area contributed by atoms with E-state index in [-0.39, 0.29) is 31.7 Å². The minimum atomic E-state index is -4.73. The van der Waals surface area contributed by atoms with Crippen LogP contribution in [-0.2, 0) is 42.2 Å². The van der Waals surface area contributed by atoms with Crippen LogP contribution in [0.2, 0.25) is 0 Å². The minimum Gasteiger partial charge on any atom is -0.480 e. The lowest BCUT2D eigenvalue weighted by molar-refractivity contribution is -0.161. The molecule has 12 nitrogen and oxygen atoms in total. The Balaban J connectivity index is 2.36. The van der Waals surface area contributed by atoms with Crippen LogP contribution in [0.5, 0.6) is 0 Å². The molecule has 3 unspecified atom stereocenters. The Morgan fingerprint density at radius 1 is 0.667 bits per heavy atom. The number of allylic oxidation sites excluding steroid dienone is 4. The van der Waals surface area contributed by atoms with Gasteiger partial charge in [0, 0.05) is 12.8 Å². The van der Waals surface area contributed by atoms with E-state index in [1.165, 1.54) is 70.6 Å². The van der Waals surface area contributed by atoms with Gasteiger partial charge in [-0.1, -0.05) is 134 Å². The molecule has 4 N–H and O–H groups in total. The number of carbonyl (C=O) groups is 3. The third-order valence-corrected chi connectivity index (χ3v) is 9.99. The van der Waals surface area contributed by atoms with Gasteiger partial charge in [0.05, 0.1) is 25.4 Å². The lowest BCUT2D eigenvalue weighted by Gasteiger charge is -2.20. The van der Waals surface area contributed by atoms with Gasteiger partial charge in [0.25, 0.3) is 0 Å². The number of unbranched alkanes of at least 4 members (excludes halogenated alkanes) is 15. The van der Waals surface area contributed by atoms with E-state index in [0.29, 0.717) is 19.3 Å². The van der Waals surface area contributed by atoms with Crippen molar-refractivity contribution in [3.05, 3.63) is 36.5 Å². The molecule has 1 saturated heterocycles. The number of phosphoric ester groups is 1. The fourth-order valence-corrected chi connectivity index (χ4v) is 6.41. The van der Waals surface area contributed by atoms with E-state index in [2.05, 4.69) is 48.8 Å².